The third-order valence-electron chi connectivity index (χ3n) is 4.94. The Labute approximate surface area is 151 Å². The lowest BCUT2D eigenvalue weighted by atomic mass is 10.1. The maximum Gasteiger partial charge on any atom is 0.340 e. The lowest BCUT2D eigenvalue weighted by Crippen LogP contribution is -2.35. The number of carbonyl (C=O) groups is 2. The molecule has 2 aliphatic rings. The topological polar surface area (TPSA) is 59.1 Å². The van der Waals surface area contributed by atoms with E-state index in [9.17, 15) is 9.59 Å². The second-order valence-electron chi connectivity index (χ2n) is 6.65. The number of carbonyl (C=O) groups excluding carboxylic acids is 2. The van der Waals surface area contributed by atoms with E-state index in [1.165, 1.54) is 0 Å². The van der Waals surface area contributed by atoms with Crippen molar-refractivity contribution >= 4 is 11.9 Å². The average Bonchev–Trinajstić information content (AvgIpc) is 3.18. The molecule has 134 valence electrons. The van der Waals surface area contributed by atoms with Crippen LogP contribution in [0, 0.1) is 0 Å². The van der Waals surface area contributed by atoms with E-state index >= 15 is 0 Å². The standard InChI is InChI=1S/C20H20N2O4/c1-21(17-13-7-3-5-9-15(13)19(23)25-17)11-12-22(2)18-14-8-4-6-10-16(14)20(24)26-18/h3-10,17-18H,11-12H2,1-2H3. The summed E-state index contributed by atoms with van der Waals surface area (Å²) in [6, 6.07) is 14.9. The molecule has 6 heteroatoms. The number of nitrogens with zero attached hydrogens (tertiary/aromatic N) is 2. The Balaban J connectivity index is 1.42. The van der Waals surface area contributed by atoms with Crippen molar-refractivity contribution in [2.45, 2.75) is 12.5 Å². The van der Waals surface area contributed by atoms with Gasteiger partial charge in [-0.15, -0.1) is 0 Å². The number of fused-ring (bicyclic) bond motifs is 2. The van der Waals surface area contributed by atoms with Crippen molar-refractivity contribution in [2.75, 3.05) is 27.2 Å². The fourth-order valence-electron chi connectivity index (χ4n) is 3.46. The van der Waals surface area contributed by atoms with Crippen LogP contribution in [0.15, 0.2) is 48.5 Å². The van der Waals surface area contributed by atoms with Gasteiger partial charge in [0.1, 0.15) is 0 Å². The summed E-state index contributed by atoms with van der Waals surface area (Å²) in [4.78, 5) is 27.9. The van der Waals surface area contributed by atoms with E-state index in [1.807, 2.05) is 60.3 Å². The second-order valence-corrected chi connectivity index (χ2v) is 6.65. The summed E-state index contributed by atoms with van der Waals surface area (Å²) in [5.74, 6) is -0.575. The quantitative estimate of drug-likeness (QED) is 0.771. The summed E-state index contributed by atoms with van der Waals surface area (Å²) in [5.41, 5.74) is 3.02. The van der Waals surface area contributed by atoms with Gasteiger partial charge in [0.25, 0.3) is 0 Å². The SMILES string of the molecule is CN(CCN(C)C1OC(=O)c2ccccc21)C1OC(=O)c2ccccc21. The lowest BCUT2D eigenvalue weighted by Gasteiger charge is -2.28. The molecule has 0 radical (unpaired) electrons. The first kappa shape index (κ1) is 16.8. The zero-order chi connectivity index (χ0) is 18.3. The summed E-state index contributed by atoms with van der Waals surface area (Å²) in [6.07, 6.45) is -0.768. The molecular formula is C20H20N2O4. The summed E-state index contributed by atoms with van der Waals surface area (Å²) in [6.45, 7) is 1.30. The van der Waals surface area contributed by atoms with E-state index in [-0.39, 0.29) is 24.4 Å². The monoisotopic (exact) mass is 352 g/mol. The van der Waals surface area contributed by atoms with Gasteiger partial charge in [0.2, 0.25) is 0 Å². The molecule has 2 atom stereocenters. The maximum absolute atomic E-state index is 12.0. The maximum atomic E-state index is 12.0. The van der Waals surface area contributed by atoms with Crippen LogP contribution >= 0.6 is 0 Å². The average molecular weight is 352 g/mol. The van der Waals surface area contributed by atoms with Crippen LogP contribution in [-0.2, 0) is 9.47 Å². The first-order chi connectivity index (χ1) is 12.6. The molecule has 4 rings (SSSR count). The molecule has 6 nitrogen and oxygen atoms in total. The molecule has 2 heterocycles. The van der Waals surface area contributed by atoms with E-state index < -0.39 is 0 Å². The minimum Gasteiger partial charge on any atom is -0.438 e. The van der Waals surface area contributed by atoms with Crippen molar-refractivity contribution in [3.63, 3.8) is 0 Å². The van der Waals surface area contributed by atoms with E-state index in [1.54, 1.807) is 12.1 Å². The molecule has 2 unspecified atom stereocenters. The first-order valence-corrected chi connectivity index (χ1v) is 8.56. The van der Waals surface area contributed by atoms with Gasteiger partial charge in [0.15, 0.2) is 12.5 Å². The molecule has 0 amide bonds. The van der Waals surface area contributed by atoms with Crippen LogP contribution in [0.5, 0.6) is 0 Å². The highest BCUT2D eigenvalue weighted by Gasteiger charge is 2.35. The van der Waals surface area contributed by atoms with Crippen LogP contribution in [-0.4, -0.2) is 48.9 Å². The third-order valence-corrected chi connectivity index (χ3v) is 4.94. The van der Waals surface area contributed by atoms with Crippen molar-refractivity contribution < 1.29 is 19.1 Å². The number of hydrogen-bond acceptors (Lipinski definition) is 6. The molecule has 2 aromatic carbocycles. The van der Waals surface area contributed by atoms with Crippen molar-refractivity contribution in [1.29, 1.82) is 0 Å². The summed E-state index contributed by atoms with van der Waals surface area (Å²) in [7, 11) is 3.84. The highest BCUT2D eigenvalue weighted by molar-refractivity contribution is 5.94. The Bertz CT molecular complexity index is 795. The van der Waals surface area contributed by atoms with Crippen LogP contribution in [0.25, 0.3) is 0 Å². The van der Waals surface area contributed by atoms with Gasteiger partial charge in [-0.3, -0.25) is 9.80 Å². The van der Waals surface area contributed by atoms with E-state index in [4.69, 9.17) is 9.47 Å². The Morgan fingerprint density at radius 3 is 1.54 bits per heavy atom. The predicted octanol–water partition coefficient (Wildman–Crippen LogP) is 2.59. The molecule has 26 heavy (non-hydrogen) atoms. The zero-order valence-electron chi connectivity index (χ0n) is 14.7. The molecule has 0 aliphatic carbocycles. The van der Waals surface area contributed by atoms with E-state index in [0.29, 0.717) is 24.2 Å². The summed E-state index contributed by atoms with van der Waals surface area (Å²) >= 11 is 0. The Kier molecular flexibility index (Phi) is 4.22. The minimum absolute atomic E-state index is 0.288. The molecule has 2 aromatic rings. The highest BCUT2D eigenvalue weighted by atomic mass is 16.6. The van der Waals surface area contributed by atoms with Crippen LogP contribution < -0.4 is 0 Å². The smallest absolute Gasteiger partial charge is 0.340 e. The molecule has 0 aromatic heterocycles. The molecule has 0 fully saturated rings. The largest absolute Gasteiger partial charge is 0.438 e. The number of hydrogen-bond donors (Lipinski definition) is 0. The van der Waals surface area contributed by atoms with Gasteiger partial charge in [-0.25, -0.2) is 9.59 Å². The van der Waals surface area contributed by atoms with E-state index in [0.717, 1.165) is 11.1 Å². The normalized spacial score (nSPS) is 20.9. The second kappa shape index (κ2) is 6.55. The van der Waals surface area contributed by atoms with Crippen LogP contribution in [0.3, 0.4) is 0 Å². The fraction of sp³-hybridized carbons (Fsp3) is 0.300. The first-order valence-electron chi connectivity index (χ1n) is 8.56. The fourth-order valence-corrected chi connectivity index (χ4v) is 3.46. The summed E-state index contributed by atoms with van der Waals surface area (Å²) < 4.78 is 11.0. The molecule has 0 bridgehead atoms. The van der Waals surface area contributed by atoms with Gasteiger partial charge in [-0.2, -0.15) is 0 Å². The molecule has 2 aliphatic heterocycles. The molecule has 0 spiro atoms. The van der Waals surface area contributed by atoms with Crippen molar-refractivity contribution in [2.24, 2.45) is 0 Å². The van der Waals surface area contributed by atoms with Gasteiger partial charge in [-0.1, -0.05) is 36.4 Å². The van der Waals surface area contributed by atoms with Gasteiger partial charge in [0, 0.05) is 24.2 Å². The number of ether oxygens (including phenoxy) is 2. The Hall–Kier alpha value is -2.70. The number of likely N-dealkylation sites (N-methyl/N-ethyl adjacent to an activating group) is 2. The Morgan fingerprint density at radius 1 is 0.731 bits per heavy atom. The lowest BCUT2D eigenvalue weighted by molar-refractivity contribution is -0.0333. The number of benzene rings is 2. The van der Waals surface area contributed by atoms with Crippen molar-refractivity contribution in [3.8, 4) is 0 Å². The van der Waals surface area contributed by atoms with Gasteiger partial charge in [-0.05, 0) is 26.2 Å². The predicted molar refractivity (Wildman–Crippen MR) is 94.5 cm³/mol. The summed E-state index contributed by atoms with van der Waals surface area (Å²) in [5, 5.41) is 0. The minimum atomic E-state index is -0.384. The van der Waals surface area contributed by atoms with E-state index in [2.05, 4.69) is 0 Å². The number of esters is 2. The molecule has 0 saturated carbocycles. The van der Waals surface area contributed by atoms with Crippen molar-refractivity contribution in [1.82, 2.24) is 9.80 Å². The highest BCUT2D eigenvalue weighted by Crippen LogP contribution is 2.34. The zero-order valence-corrected chi connectivity index (χ0v) is 14.7. The van der Waals surface area contributed by atoms with Crippen LogP contribution in [0.2, 0.25) is 0 Å². The third kappa shape index (κ3) is 2.77. The number of cyclic esters (lactones) is 2. The number of rotatable bonds is 5. The van der Waals surface area contributed by atoms with Crippen molar-refractivity contribution in [3.05, 3.63) is 70.8 Å². The van der Waals surface area contributed by atoms with Crippen LogP contribution in [0.4, 0.5) is 0 Å². The van der Waals surface area contributed by atoms with Gasteiger partial charge >= 0.3 is 11.9 Å². The molecular weight excluding hydrogens is 332 g/mol. The van der Waals surface area contributed by atoms with Gasteiger partial charge in [0.05, 0.1) is 11.1 Å². The van der Waals surface area contributed by atoms with Crippen LogP contribution in [0.1, 0.15) is 44.3 Å². The Morgan fingerprint density at radius 2 is 1.12 bits per heavy atom. The molecule has 0 N–H and O–H groups in total. The van der Waals surface area contributed by atoms with Gasteiger partial charge < -0.3 is 9.47 Å². The molecule has 0 saturated heterocycles.